The molecule has 1 aliphatic heterocycles. The molecule has 0 aromatic heterocycles. The van der Waals surface area contributed by atoms with Crippen molar-refractivity contribution in [3.05, 3.63) is 59.1 Å². The molecule has 1 atom stereocenters. The van der Waals surface area contributed by atoms with E-state index in [1.54, 1.807) is 67.6 Å². The first kappa shape index (κ1) is 20.8. The van der Waals surface area contributed by atoms with E-state index in [-0.39, 0.29) is 37.2 Å². The highest BCUT2D eigenvalue weighted by Crippen LogP contribution is 2.22. The smallest absolute Gasteiger partial charge is 0.247 e. The van der Waals surface area contributed by atoms with Crippen molar-refractivity contribution in [2.45, 2.75) is 19.0 Å². The van der Waals surface area contributed by atoms with Crippen molar-refractivity contribution in [3.8, 4) is 5.75 Å². The molecule has 1 N–H and O–H groups in total. The van der Waals surface area contributed by atoms with Crippen LogP contribution in [0.25, 0.3) is 0 Å². The van der Waals surface area contributed by atoms with E-state index in [1.807, 2.05) is 0 Å². The second-order valence-corrected chi connectivity index (χ2v) is 7.30. The van der Waals surface area contributed by atoms with Crippen LogP contribution in [0.15, 0.2) is 48.5 Å². The topological polar surface area (TPSA) is 79.0 Å². The average molecular weight is 416 g/mol. The number of carbonyl (C=O) groups excluding carboxylic acids is 3. The minimum Gasteiger partial charge on any atom is -0.497 e. The third-order valence-corrected chi connectivity index (χ3v) is 5.00. The van der Waals surface area contributed by atoms with Crippen LogP contribution in [0.5, 0.6) is 5.75 Å². The van der Waals surface area contributed by atoms with E-state index in [2.05, 4.69) is 5.32 Å². The molecule has 3 rings (SSSR count). The highest BCUT2D eigenvalue weighted by molar-refractivity contribution is 6.30. The molecule has 8 heteroatoms. The fourth-order valence-corrected chi connectivity index (χ4v) is 3.31. The number of hydrogen-bond donors (Lipinski definition) is 1. The number of hydrogen-bond acceptors (Lipinski definition) is 5. The van der Waals surface area contributed by atoms with Crippen LogP contribution in [0, 0.1) is 0 Å². The molecule has 2 aromatic carbocycles. The molecule has 0 spiro atoms. The first-order valence-electron chi connectivity index (χ1n) is 9.10. The highest BCUT2D eigenvalue weighted by atomic mass is 35.5. The van der Waals surface area contributed by atoms with Crippen LogP contribution < -0.4 is 10.1 Å². The van der Waals surface area contributed by atoms with Crippen molar-refractivity contribution in [3.63, 3.8) is 0 Å². The molecule has 152 valence electrons. The average Bonchev–Trinajstić information content (AvgIpc) is 2.98. The number of amides is 3. The number of likely N-dealkylation sites (tertiary alicyclic amines) is 1. The van der Waals surface area contributed by atoms with Gasteiger partial charge in [0.15, 0.2) is 0 Å². The predicted octanol–water partition coefficient (Wildman–Crippen LogP) is 2.55. The molecule has 0 bridgehead atoms. The maximum atomic E-state index is 12.7. The summed E-state index contributed by atoms with van der Waals surface area (Å²) in [7, 11) is 3.21. The number of likely N-dealkylation sites (N-methyl/N-ethyl adjacent to an activating group) is 1. The SMILES string of the molecule is COc1cccc(NC(=O)CN(C)[C@@H]2CC(=O)N(Cc3ccc(Cl)cc3)C2=O)c1. The monoisotopic (exact) mass is 415 g/mol. The Labute approximate surface area is 174 Å². The number of nitrogens with one attached hydrogen (secondary N) is 1. The zero-order valence-corrected chi connectivity index (χ0v) is 17.0. The van der Waals surface area contributed by atoms with Gasteiger partial charge in [-0.3, -0.25) is 24.2 Å². The summed E-state index contributed by atoms with van der Waals surface area (Å²) in [4.78, 5) is 40.3. The summed E-state index contributed by atoms with van der Waals surface area (Å²) in [6, 6.07) is 13.3. The summed E-state index contributed by atoms with van der Waals surface area (Å²) < 4.78 is 5.14. The lowest BCUT2D eigenvalue weighted by molar-refractivity contribution is -0.140. The second kappa shape index (κ2) is 9.07. The summed E-state index contributed by atoms with van der Waals surface area (Å²) in [6.07, 6.45) is 0.0510. The summed E-state index contributed by atoms with van der Waals surface area (Å²) in [5.41, 5.74) is 1.41. The van der Waals surface area contributed by atoms with Crippen LogP contribution in [-0.4, -0.2) is 54.3 Å². The van der Waals surface area contributed by atoms with Gasteiger partial charge >= 0.3 is 0 Å². The van der Waals surface area contributed by atoms with Gasteiger partial charge in [-0.1, -0.05) is 29.8 Å². The maximum Gasteiger partial charge on any atom is 0.247 e. The second-order valence-electron chi connectivity index (χ2n) is 6.86. The molecule has 1 saturated heterocycles. The zero-order valence-electron chi connectivity index (χ0n) is 16.2. The van der Waals surface area contributed by atoms with Crippen molar-refractivity contribution in [2.24, 2.45) is 0 Å². The molecular formula is C21H22ClN3O4. The quantitative estimate of drug-likeness (QED) is 0.703. The largest absolute Gasteiger partial charge is 0.497 e. The Hall–Kier alpha value is -2.90. The van der Waals surface area contributed by atoms with Crippen molar-refractivity contribution in [1.82, 2.24) is 9.80 Å². The molecule has 1 fully saturated rings. The number of benzene rings is 2. The van der Waals surface area contributed by atoms with E-state index in [0.717, 1.165) is 5.56 Å². The summed E-state index contributed by atoms with van der Waals surface area (Å²) >= 11 is 5.87. The number of rotatable bonds is 7. The molecule has 0 unspecified atom stereocenters. The lowest BCUT2D eigenvalue weighted by Gasteiger charge is -2.22. The minimum atomic E-state index is -0.661. The van der Waals surface area contributed by atoms with Crippen LogP contribution in [0.1, 0.15) is 12.0 Å². The minimum absolute atomic E-state index is 0.0182. The molecule has 3 amide bonds. The highest BCUT2D eigenvalue weighted by Gasteiger charge is 2.41. The number of carbonyl (C=O) groups is 3. The van der Waals surface area contributed by atoms with E-state index >= 15 is 0 Å². The van der Waals surface area contributed by atoms with E-state index in [4.69, 9.17) is 16.3 Å². The molecule has 0 radical (unpaired) electrons. The van der Waals surface area contributed by atoms with Gasteiger partial charge in [0.1, 0.15) is 5.75 Å². The molecule has 0 saturated carbocycles. The van der Waals surface area contributed by atoms with Crippen LogP contribution in [0.2, 0.25) is 5.02 Å². The van der Waals surface area contributed by atoms with E-state index in [1.165, 1.54) is 4.90 Å². The van der Waals surface area contributed by atoms with E-state index < -0.39 is 6.04 Å². The Morgan fingerprint density at radius 1 is 1.24 bits per heavy atom. The molecule has 0 aliphatic carbocycles. The molecule has 1 aliphatic rings. The lowest BCUT2D eigenvalue weighted by atomic mass is 10.2. The van der Waals surface area contributed by atoms with Crippen molar-refractivity contribution in [2.75, 3.05) is 26.0 Å². The summed E-state index contributed by atoms with van der Waals surface area (Å²) in [6.45, 7) is 0.171. The normalized spacial score (nSPS) is 16.4. The van der Waals surface area contributed by atoms with Gasteiger partial charge in [0.05, 0.1) is 32.7 Å². The Morgan fingerprint density at radius 3 is 2.66 bits per heavy atom. The van der Waals surface area contributed by atoms with Gasteiger partial charge in [-0.2, -0.15) is 0 Å². The third-order valence-electron chi connectivity index (χ3n) is 4.75. The van der Waals surface area contributed by atoms with E-state index in [0.29, 0.717) is 16.5 Å². The summed E-state index contributed by atoms with van der Waals surface area (Å²) in [5.74, 6) is -0.209. The Bertz CT molecular complexity index is 916. The van der Waals surface area contributed by atoms with Gasteiger partial charge in [-0.05, 0) is 36.9 Å². The Morgan fingerprint density at radius 2 is 1.97 bits per heavy atom. The number of imide groups is 1. The maximum absolute atomic E-state index is 12.7. The lowest BCUT2D eigenvalue weighted by Crippen LogP contribution is -2.43. The zero-order chi connectivity index (χ0) is 21.0. The molecular weight excluding hydrogens is 394 g/mol. The van der Waals surface area contributed by atoms with Gasteiger partial charge < -0.3 is 10.1 Å². The number of ether oxygens (including phenoxy) is 1. The fraction of sp³-hybridized carbons (Fsp3) is 0.286. The first-order chi connectivity index (χ1) is 13.9. The molecule has 29 heavy (non-hydrogen) atoms. The van der Waals surface area contributed by atoms with Gasteiger partial charge in [0, 0.05) is 16.8 Å². The standard InChI is InChI=1S/C21H22ClN3O4/c1-24(13-19(26)23-16-4-3-5-17(10-16)29-2)18-11-20(27)25(21(18)28)12-14-6-8-15(22)9-7-14/h3-10,18H,11-13H2,1-2H3,(H,23,26)/t18-/m1/s1. The van der Waals surface area contributed by atoms with Gasteiger partial charge in [0.25, 0.3) is 0 Å². The fourth-order valence-electron chi connectivity index (χ4n) is 3.19. The van der Waals surface area contributed by atoms with Crippen molar-refractivity contribution >= 4 is 35.0 Å². The first-order valence-corrected chi connectivity index (χ1v) is 9.48. The van der Waals surface area contributed by atoms with Crippen molar-refractivity contribution in [1.29, 1.82) is 0 Å². The third kappa shape index (κ3) is 5.13. The number of halogens is 1. The van der Waals surface area contributed by atoms with Crippen LogP contribution >= 0.6 is 11.6 Å². The number of nitrogens with zero attached hydrogens (tertiary/aromatic N) is 2. The summed E-state index contributed by atoms with van der Waals surface area (Å²) in [5, 5.41) is 3.36. The predicted molar refractivity (Wildman–Crippen MR) is 110 cm³/mol. The molecule has 7 nitrogen and oxygen atoms in total. The van der Waals surface area contributed by atoms with Gasteiger partial charge in [-0.25, -0.2) is 0 Å². The van der Waals surface area contributed by atoms with Crippen LogP contribution in [0.3, 0.4) is 0 Å². The van der Waals surface area contributed by atoms with Crippen molar-refractivity contribution < 1.29 is 19.1 Å². The van der Waals surface area contributed by atoms with E-state index in [9.17, 15) is 14.4 Å². The molecule has 1 heterocycles. The van der Waals surface area contributed by atoms with Gasteiger partial charge in [0.2, 0.25) is 17.7 Å². The van der Waals surface area contributed by atoms with Gasteiger partial charge in [-0.15, -0.1) is 0 Å². The Balaban J connectivity index is 1.59. The molecule has 2 aromatic rings. The Kier molecular flexibility index (Phi) is 6.51. The number of anilines is 1. The van der Waals surface area contributed by atoms with Crippen LogP contribution in [-0.2, 0) is 20.9 Å². The number of methoxy groups -OCH3 is 1. The van der Waals surface area contributed by atoms with Crippen LogP contribution in [0.4, 0.5) is 5.69 Å².